The molecule has 1 atom stereocenters. The summed E-state index contributed by atoms with van der Waals surface area (Å²) in [6.45, 7) is 1.83. The molecule has 0 radical (unpaired) electrons. The van der Waals surface area contributed by atoms with E-state index in [9.17, 15) is 18.5 Å². The Kier molecular flexibility index (Phi) is 6.36. The van der Waals surface area contributed by atoms with Crippen LogP contribution in [0.25, 0.3) is 0 Å². The summed E-state index contributed by atoms with van der Waals surface area (Å²) in [5.74, 6) is -0.260. The molecule has 0 aliphatic carbocycles. The van der Waals surface area contributed by atoms with Gasteiger partial charge in [0.15, 0.2) is 0 Å². The van der Waals surface area contributed by atoms with Gasteiger partial charge in [-0.05, 0) is 24.6 Å². The Morgan fingerprint density at radius 2 is 1.77 bits per heavy atom. The van der Waals surface area contributed by atoms with Crippen molar-refractivity contribution in [3.8, 4) is 6.07 Å². The van der Waals surface area contributed by atoms with Crippen molar-refractivity contribution < 1.29 is 13.2 Å². The molecule has 1 unspecified atom stereocenters. The summed E-state index contributed by atoms with van der Waals surface area (Å²) in [6, 6.07) is 17.7. The summed E-state index contributed by atoms with van der Waals surface area (Å²) in [6.07, 6.45) is 1.05. The molecular weight excluding hydrogens is 350 g/mol. The van der Waals surface area contributed by atoms with Crippen molar-refractivity contribution in [3.63, 3.8) is 0 Å². The van der Waals surface area contributed by atoms with E-state index >= 15 is 0 Å². The van der Waals surface area contributed by atoms with Crippen molar-refractivity contribution in [2.75, 3.05) is 17.1 Å². The van der Waals surface area contributed by atoms with Crippen LogP contribution >= 0.6 is 0 Å². The summed E-state index contributed by atoms with van der Waals surface area (Å²) in [7, 11) is -3.62. The van der Waals surface area contributed by atoms with Crippen LogP contribution in [0.15, 0.2) is 54.6 Å². The lowest BCUT2D eigenvalue weighted by molar-refractivity contribution is -0.121. The Bertz CT molecular complexity index is 905. The molecule has 0 heterocycles. The van der Waals surface area contributed by atoms with Crippen LogP contribution in [0, 0.1) is 11.3 Å². The Morgan fingerprint density at radius 3 is 2.38 bits per heavy atom. The van der Waals surface area contributed by atoms with Gasteiger partial charge in [-0.3, -0.25) is 9.10 Å². The maximum atomic E-state index is 12.2. The van der Waals surface area contributed by atoms with Crippen LogP contribution in [0.2, 0.25) is 0 Å². The van der Waals surface area contributed by atoms with Crippen molar-refractivity contribution >= 4 is 21.6 Å². The number of anilines is 1. The van der Waals surface area contributed by atoms with E-state index in [0.717, 1.165) is 16.1 Å². The van der Waals surface area contributed by atoms with Crippen molar-refractivity contribution in [2.24, 2.45) is 0 Å². The molecule has 2 aromatic carbocycles. The fraction of sp³-hybridized carbons (Fsp3) is 0.263. The van der Waals surface area contributed by atoms with Gasteiger partial charge in [0.1, 0.15) is 6.07 Å². The number of benzene rings is 2. The fourth-order valence-electron chi connectivity index (χ4n) is 2.59. The minimum atomic E-state index is -3.62. The van der Waals surface area contributed by atoms with Gasteiger partial charge in [-0.25, -0.2) is 8.42 Å². The molecule has 0 fully saturated rings. The van der Waals surface area contributed by atoms with E-state index < -0.39 is 10.0 Å². The Morgan fingerprint density at radius 1 is 1.15 bits per heavy atom. The first-order chi connectivity index (χ1) is 12.3. The summed E-state index contributed by atoms with van der Waals surface area (Å²) in [5, 5.41) is 12.1. The first-order valence-corrected chi connectivity index (χ1v) is 9.99. The van der Waals surface area contributed by atoms with E-state index in [-0.39, 0.29) is 36.2 Å². The van der Waals surface area contributed by atoms with Crippen molar-refractivity contribution in [1.82, 2.24) is 5.32 Å². The molecule has 26 heavy (non-hydrogen) atoms. The minimum Gasteiger partial charge on any atom is -0.350 e. The molecule has 6 nitrogen and oxygen atoms in total. The predicted molar refractivity (Wildman–Crippen MR) is 101 cm³/mol. The maximum Gasteiger partial charge on any atom is 0.232 e. The molecule has 1 N–H and O–H groups in total. The zero-order valence-electron chi connectivity index (χ0n) is 14.7. The first kappa shape index (κ1) is 19.5. The number of hydrogen-bond donors (Lipinski definition) is 1. The number of carbonyl (C=O) groups excluding carboxylic acids is 1. The molecule has 136 valence electrons. The van der Waals surface area contributed by atoms with Crippen molar-refractivity contribution in [3.05, 3.63) is 65.7 Å². The van der Waals surface area contributed by atoms with Gasteiger partial charge < -0.3 is 5.32 Å². The van der Waals surface area contributed by atoms with Gasteiger partial charge in [-0.1, -0.05) is 42.5 Å². The van der Waals surface area contributed by atoms with Gasteiger partial charge in [0.2, 0.25) is 15.9 Å². The molecule has 7 heteroatoms. The van der Waals surface area contributed by atoms with Crippen molar-refractivity contribution in [1.29, 1.82) is 5.26 Å². The number of nitrogens with one attached hydrogen (secondary N) is 1. The Balaban J connectivity index is 2.09. The van der Waals surface area contributed by atoms with Crippen LogP contribution < -0.4 is 9.62 Å². The van der Waals surface area contributed by atoms with Crippen LogP contribution in [-0.4, -0.2) is 27.1 Å². The summed E-state index contributed by atoms with van der Waals surface area (Å²) in [5.41, 5.74) is 1.49. The zero-order valence-corrected chi connectivity index (χ0v) is 15.5. The molecule has 0 saturated heterocycles. The standard InChI is InChI=1S/C19H21N3O3S/c1-15(16-8-4-3-5-9-16)21-19(23)12-13-22(26(2,24)25)18-11-7-6-10-17(18)14-20/h3-11,15H,12-13H2,1-2H3,(H,21,23). The van der Waals surface area contributed by atoms with E-state index in [1.807, 2.05) is 43.3 Å². The second-order valence-electron chi connectivity index (χ2n) is 5.91. The number of rotatable bonds is 7. The van der Waals surface area contributed by atoms with E-state index in [1.165, 1.54) is 0 Å². The second kappa shape index (κ2) is 8.50. The highest BCUT2D eigenvalue weighted by atomic mass is 32.2. The quantitative estimate of drug-likeness (QED) is 0.810. The number of para-hydroxylation sites is 1. The molecule has 0 saturated carbocycles. The number of sulfonamides is 1. The highest BCUT2D eigenvalue weighted by molar-refractivity contribution is 7.92. The van der Waals surface area contributed by atoms with Gasteiger partial charge in [0, 0.05) is 13.0 Å². The van der Waals surface area contributed by atoms with E-state index in [2.05, 4.69) is 5.32 Å². The number of amides is 1. The topological polar surface area (TPSA) is 90.3 Å². The van der Waals surface area contributed by atoms with Crippen LogP contribution in [0.4, 0.5) is 5.69 Å². The molecule has 1 amide bonds. The average molecular weight is 371 g/mol. The molecule has 2 aromatic rings. The summed E-state index contributed by atoms with van der Waals surface area (Å²) < 4.78 is 25.4. The van der Waals surface area contributed by atoms with Gasteiger partial charge >= 0.3 is 0 Å². The molecule has 0 aliphatic rings. The number of hydrogen-bond acceptors (Lipinski definition) is 4. The lowest BCUT2D eigenvalue weighted by Gasteiger charge is -2.23. The normalized spacial score (nSPS) is 12.0. The van der Waals surface area contributed by atoms with Gasteiger partial charge in [-0.2, -0.15) is 5.26 Å². The molecule has 0 aliphatic heterocycles. The van der Waals surface area contributed by atoms with Crippen LogP contribution in [0.1, 0.15) is 30.5 Å². The number of nitrogens with zero attached hydrogens (tertiary/aromatic N) is 2. The van der Waals surface area contributed by atoms with Gasteiger partial charge in [0.25, 0.3) is 0 Å². The lowest BCUT2D eigenvalue weighted by atomic mass is 10.1. The Hall–Kier alpha value is -2.85. The third-order valence-electron chi connectivity index (χ3n) is 3.91. The van der Waals surface area contributed by atoms with E-state index in [4.69, 9.17) is 0 Å². The fourth-order valence-corrected chi connectivity index (χ4v) is 3.53. The number of nitriles is 1. The van der Waals surface area contributed by atoms with Gasteiger partial charge in [-0.15, -0.1) is 0 Å². The summed E-state index contributed by atoms with van der Waals surface area (Å²) >= 11 is 0. The first-order valence-electron chi connectivity index (χ1n) is 8.14. The highest BCUT2D eigenvalue weighted by Gasteiger charge is 2.21. The summed E-state index contributed by atoms with van der Waals surface area (Å²) in [4.78, 5) is 12.2. The molecule has 0 aromatic heterocycles. The molecule has 2 rings (SSSR count). The zero-order chi connectivity index (χ0) is 19.2. The molecule has 0 spiro atoms. The van der Waals surface area contributed by atoms with E-state index in [1.54, 1.807) is 24.3 Å². The van der Waals surface area contributed by atoms with Crippen LogP contribution in [-0.2, 0) is 14.8 Å². The molecule has 0 bridgehead atoms. The maximum absolute atomic E-state index is 12.2. The highest BCUT2D eigenvalue weighted by Crippen LogP contribution is 2.22. The van der Waals surface area contributed by atoms with Gasteiger partial charge in [0.05, 0.1) is 23.5 Å². The Labute approximate surface area is 154 Å². The third kappa shape index (κ3) is 5.07. The van der Waals surface area contributed by atoms with Crippen LogP contribution in [0.3, 0.4) is 0 Å². The minimum absolute atomic E-state index is 0.00991. The van der Waals surface area contributed by atoms with E-state index in [0.29, 0.717) is 0 Å². The van der Waals surface area contributed by atoms with Crippen LogP contribution in [0.5, 0.6) is 0 Å². The third-order valence-corrected chi connectivity index (χ3v) is 5.09. The smallest absolute Gasteiger partial charge is 0.232 e. The predicted octanol–water partition coefficient (Wildman–Crippen LogP) is 2.59. The van der Waals surface area contributed by atoms with Crippen molar-refractivity contribution in [2.45, 2.75) is 19.4 Å². The molecular formula is C19H21N3O3S. The number of carbonyl (C=O) groups is 1. The monoisotopic (exact) mass is 371 g/mol. The largest absolute Gasteiger partial charge is 0.350 e. The average Bonchev–Trinajstić information content (AvgIpc) is 2.61. The lowest BCUT2D eigenvalue weighted by Crippen LogP contribution is -2.35. The second-order valence-corrected chi connectivity index (χ2v) is 7.82. The SMILES string of the molecule is CC(NC(=O)CCN(c1ccccc1C#N)S(C)(=O)=O)c1ccccc1.